The van der Waals surface area contributed by atoms with Crippen molar-refractivity contribution in [3.05, 3.63) is 36.7 Å². The van der Waals surface area contributed by atoms with Crippen molar-refractivity contribution in [1.82, 2.24) is 10.2 Å². The molecule has 0 aromatic rings. The smallest absolute Gasteiger partial charge is 0.253 e. The molecular formula is C21H36N2O. The predicted octanol–water partition coefficient (Wildman–Crippen LogP) is 4.88. The summed E-state index contributed by atoms with van der Waals surface area (Å²) in [4.78, 5) is 14.6. The van der Waals surface area contributed by atoms with E-state index in [2.05, 4.69) is 39.2 Å². The average molecular weight is 333 g/mol. The van der Waals surface area contributed by atoms with Gasteiger partial charge in [-0.2, -0.15) is 0 Å². The van der Waals surface area contributed by atoms with E-state index in [1.54, 1.807) is 17.3 Å². The summed E-state index contributed by atoms with van der Waals surface area (Å²) in [5.41, 5.74) is 1.42. The van der Waals surface area contributed by atoms with Gasteiger partial charge in [0.25, 0.3) is 5.91 Å². The summed E-state index contributed by atoms with van der Waals surface area (Å²) >= 11 is 0. The highest BCUT2D eigenvalue weighted by Crippen LogP contribution is 2.33. The summed E-state index contributed by atoms with van der Waals surface area (Å²) in [7, 11) is 1.87. The van der Waals surface area contributed by atoms with Gasteiger partial charge in [0.1, 0.15) is 0 Å². The van der Waals surface area contributed by atoms with Gasteiger partial charge in [-0.05, 0) is 55.7 Å². The number of nitrogens with one attached hydrogen (secondary N) is 1. The van der Waals surface area contributed by atoms with Crippen LogP contribution in [0.5, 0.6) is 0 Å². The lowest BCUT2D eigenvalue weighted by atomic mass is 9.74. The summed E-state index contributed by atoms with van der Waals surface area (Å²) in [5, 5.41) is 3.30. The molecule has 3 heteroatoms. The van der Waals surface area contributed by atoms with E-state index >= 15 is 0 Å². The SMILES string of the molecule is C=CN(C)/C=C(\C(=C)C)C(=O)NC1CCCCC1C(C)CC(C)C. The van der Waals surface area contributed by atoms with Crippen molar-refractivity contribution in [3.8, 4) is 0 Å². The zero-order chi connectivity index (χ0) is 18.3. The third-order valence-corrected chi connectivity index (χ3v) is 5.04. The van der Waals surface area contributed by atoms with E-state index < -0.39 is 0 Å². The molecule has 1 amide bonds. The molecule has 136 valence electrons. The van der Waals surface area contributed by atoms with Crippen molar-refractivity contribution in [2.24, 2.45) is 17.8 Å². The first-order valence-electron chi connectivity index (χ1n) is 9.29. The van der Waals surface area contributed by atoms with Gasteiger partial charge in [0.2, 0.25) is 0 Å². The normalized spacial score (nSPS) is 22.8. The second kappa shape index (κ2) is 9.71. The summed E-state index contributed by atoms with van der Waals surface area (Å²) < 4.78 is 0. The first-order valence-corrected chi connectivity index (χ1v) is 9.29. The molecule has 0 aliphatic heterocycles. The van der Waals surface area contributed by atoms with Crippen molar-refractivity contribution in [3.63, 3.8) is 0 Å². The molecule has 1 aliphatic rings. The molecule has 1 rings (SSSR count). The minimum absolute atomic E-state index is 0.00940. The average Bonchev–Trinajstić information content (AvgIpc) is 2.51. The van der Waals surface area contributed by atoms with Crippen molar-refractivity contribution >= 4 is 5.91 Å². The zero-order valence-electron chi connectivity index (χ0n) is 16.3. The lowest BCUT2D eigenvalue weighted by molar-refractivity contribution is -0.118. The topological polar surface area (TPSA) is 32.3 Å². The molecular weight excluding hydrogens is 296 g/mol. The van der Waals surface area contributed by atoms with Crippen LogP contribution in [0.3, 0.4) is 0 Å². The Morgan fingerprint density at radius 1 is 1.29 bits per heavy atom. The Hall–Kier alpha value is -1.51. The number of nitrogens with zero attached hydrogens (tertiary/aromatic N) is 1. The van der Waals surface area contributed by atoms with Crippen LogP contribution in [0.15, 0.2) is 36.7 Å². The molecule has 0 spiro atoms. The van der Waals surface area contributed by atoms with Crippen LogP contribution in [0, 0.1) is 17.8 Å². The molecule has 3 atom stereocenters. The van der Waals surface area contributed by atoms with Gasteiger partial charge in [-0.3, -0.25) is 4.79 Å². The van der Waals surface area contributed by atoms with Crippen molar-refractivity contribution in [2.45, 2.75) is 65.8 Å². The van der Waals surface area contributed by atoms with Crippen LogP contribution < -0.4 is 5.32 Å². The van der Waals surface area contributed by atoms with Gasteiger partial charge in [0, 0.05) is 19.3 Å². The third-order valence-electron chi connectivity index (χ3n) is 5.04. The number of hydrogen-bond donors (Lipinski definition) is 1. The van der Waals surface area contributed by atoms with Crippen LogP contribution in [0.25, 0.3) is 0 Å². The van der Waals surface area contributed by atoms with Crippen molar-refractivity contribution in [2.75, 3.05) is 7.05 Å². The highest BCUT2D eigenvalue weighted by molar-refractivity contribution is 5.97. The summed E-state index contributed by atoms with van der Waals surface area (Å²) in [6, 6.07) is 0.275. The van der Waals surface area contributed by atoms with E-state index in [1.807, 2.05) is 14.0 Å². The molecule has 3 unspecified atom stereocenters. The molecule has 0 aromatic heterocycles. The molecule has 0 radical (unpaired) electrons. The standard InChI is InChI=1S/C21H36N2O/c1-8-23(7)14-19(16(4)5)21(24)22-20-12-10-9-11-18(20)17(6)13-15(2)3/h8,14-15,17-18,20H,1,4,9-13H2,2-3,5-7H3,(H,22,24)/b19-14+. The monoisotopic (exact) mass is 332 g/mol. The third kappa shape index (κ3) is 6.18. The van der Waals surface area contributed by atoms with Gasteiger partial charge in [-0.1, -0.05) is 46.8 Å². The predicted molar refractivity (Wildman–Crippen MR) is 103 cm³/mol. The highest BCUT2D eigenvalue weighted by atomic mass is 16.1. The van der Waals surface area contributed by atoms with Crippen LogP contribution in [0.2, 0.25) is 0 Å². The molecule has 3 nitrogen and oxygen atoms in total. The van der Waals surface area contributed by atoms with Crippen molar-refractivity contribution < 1.29 is 4.79 Å². The lowest BCUT2D eigenvalue weighted by Crippen LogP contribution is -2.45. The van der Waals surface area contributed by atoms with Crippen LogP contribution in [-0.4, -0.2) is 23.9 Å². The van der Waals surface area contributed by atoms with Gasteiger partial charge < -0.3 is 10.2 Å². The van der Waals surface area contributed by atoms with E-state index in [-0.39, 0.29) is 11.9 Å². The number of hydrogen-bond acceptors (Lipinski definition) is 2. The number of rotatable bonds is 8. The summed E-state index contributed by atoms with van der Waals surface area (Å²) in [6.07, 6.45) is 9.50. The quantitative estimate of drug-likeness (QED) is 0.507. The second-order valence-corrected chi connectivity index (χ2v) is 7.81. The zero-order valence-corrected chi connectivity index (χ0v) is 16.3. The van der Waals surface area contributed by atoms with Crippen LogP contribution >= 0.6 is 0 Å². The van der Waals surface area contributed by atoms with E-state index in [9.17, 15) is 4.79 Å². The number of carbonyl (C=O) groups excluding carboxylic acids is 1. The van der Waals surface area contributed by atoms with Crippen molar-refractivity contribution in [1.29, 1.82) is 0 Å². The molecule has 1 N–H and O–H groups in total. The van der Waals surface area contributed by atoms with E-state index in [0.29, 0.717) is 23.3 Å². The largest absolute Gasteiger partial charge is 0.357 e. The first-order chi connectivity index (χ1) is 11.3. The maximum Gasteiger partial charge on any atom is 0.253 e. The van der Waals surface area contributed by atoms with Gasteiger partial charge in [0.05, 0.1) is 5.57 Å². The van der Waals surface area contributed by atoms with Gasteiger partial charge >= 0.3 is 0 Å². The number of carbonyl (C=O) groups is 1. The first kappa shape index (κ1) is 20.5. The molecule has 0 aromatic carbocycles. The highest BCUT2D eigenvalue weighted by Gasteiger charge is 2.31. The molecule has 1 fully saturated rings. The fraction of sp³-hybridized carbons (Fsp3) is 0.667. The van der Waals surface area contributed by atoms with Gasteiger partial charge in [-0.15, -0.1) is 0 Å². The maximum absolute atomic E-state index is 12.8. The van der Waals surface area contributed by atoms with Gasteiger partial charge in [0.15, 0.2) is 0 Å². The molecule has 0 bridgehead atoms. The molecule has 1 aliphatic carbocycles. The van der Waals surface area contributed by atoms with E-state index in [0.717, 1.165) is 12.0 Å². The Kier molecular flexibility index (Phi) is 8.30. The van der Waals surface area contributed by atoms with Gasteiger partial charge in [-0.25, -0.2) is 0 Å². The minimum Gasteiger partial charge on any atom is -0.357 e. The fourth-order valence-corrected chi connectivity index (χ4v) is 3.80. The van der Waals surface area contributed by atoms with Crippen LogP contribution in [-0.2, 0) is 4.79 Å². The summed E-state index contributed by atoms with van der Waals surface area (Å²) in [6.45, 7) is 16.5. The van der Waals surface area contributed by atoms with Crippen LogP contribution in [0.4, 0.5) is 0 Å². The Balaban J connectivity index is 2.85. The lowest BCUT2D eigenvalue weighted by Gasteiger charge is -2.37. The Bertz CT molecular complexity index is 478. The number of amides is 1. The molecule has 1 saturated carbocycles. The van der Waals surface area contributed by atoms with E-state index in [1.165, 1.54) is 25.7 Å². The Morgan fingerprint density at radius 3 is 2.46 bits per heavy atom. The summed E-state index contributed by atoms with van der Waals surface area (Å²) in [5.74, 6) is 1.91. The second-order valence-electron chi connectivity index (χ2n) is 7.81. The molecule has 24 heavy (non-hydrogen) atoms. The Morgan fingerprint density at radius 2 is 1.92 bits per heavy atom. The molecule has 0 saturated heterocycles. The Labute approximate surface area is 148 Å². The maximum atomic E-state index is 12.8. The van der Waals surface area contributed by atoms with E-state index in [4.69, 9.17) is 0 Å². The van der Waals surface area contributed by atoms with Crippen LogP contribution in [0.1, 0.15) is 59.8 Å². The minimum atomic E-state index is -0.00940. The fourth-order valence-electron chi connectivity index (χ4n) is 3.80. The molecule has 0 heterocycles.